The minimum absolute atomic E-state index is 0.213. The molecule has 1 heterocycles. The smallest absolute Gasteiger partial charge is 0.239 e. The monoisotopic (exact) mass is 371 g/mol. The predicted molar refractivity (Wildman–Crippen MR) is 95.3 cm³/mol. The molecule has 1 fully saturated rings. The summed E-state index contributed by atoms with van der Waals surface area (Å²) in [7, 11) is -1.91. The van der Waals surface area contributed by atoms with Crippen molar-refractivity contribution in [3.63, 3.8) is 0 Å². The largest absolute Gasteiger partial charge is 0.497 e. The highest BCUT2D eigenvalue weighted by Gasteiger charge is 2.21. The van der Waals surface area contributed by atoms with Crippen molar-refractivity contribution in [2.75, 3.05) is 64.6 Å². The van der Waals surface area contributed by atoms with Crippen LogP contribution in [-0.4, -0.2) is 82.8 Å². The fourth-order valence-electron chi connectivity index (χ4n) is 2.47. The van der Waals surface area contributed by atoms with E-state index in [1.165, 1.54) is 4.31 Å². The molecule has 1 saturated heterocycles. The molecule has 0 bridgehead atoms. The van der Waals surface area contributed by atoms with Crippen molar-refractivity contribution in [1.29, 1.82) is 0 Å². The maximum atomic E-state index is 12.2. The second kappa shape index (κ2) is 9.14. The maximum absolute atomic E-state index is 12.2. The number of methoxy groups -OCH3 is 1. The average Bonchev–Trinajstić information content (AvgIpc) is 2.59. The molecule has 1 aromatic rings. The molecule has 1 aliphatic rings. The number of hydrogen-bond donors (Lipinski definition) is 1. The highest BCUT2D eigenvalue weighted by atomic mass is 32.2. The van der Waals surface area contributed by atoms with Crippen LogP contribution in [0.4, 0.5) is 5.69 Å². The number of nitrogens with zero attached hydrogens (tertiary/aromatic N) is 2. The van der Waals surface area contributed by atoms with Crippen molar-refractivity contribution in [2.45, 2.75) is 0 Å². The van der Waals surface area contributed by atoms with E-state index in [1.807, 2.05) is 0 Å². The van der Waals surface area contributed by atoms with Crippen LogP contribution >= 0.6 is 0 Å². The number of amides is 1. The first-order valence-electron chi connectivity index (χ1n) is 8.07. The van der Waals surface area contributed by atoms with Crippen LogP contribution in [0.2, 0.25) is 0 Å². The molecule has 1 amide bonds. The molecule has 2 rings (SSSR count). The number of ether oxygens (including phenoxy) is 2. The Labute approximate surface area is 148 Å². The summed E-state index contributed by atoms with van der Waals surface area (Å²) in [5.41, 5.74) is 0.590. The molecule has 0 unspecified atom stereocenters. The zero-order chi connectivity index (χ0) is 18.3. The number of sulfonamides is 1. The summed E-state index contributed by atoms with van der Waals surface area (Å²) < 4.78 is 35.5. The van der Waals surface area contributed by atoms with Crippen molar-refractivity contribution in [2.24, 2.45) is 0 Å². The lowest BCUT2D eigenvalue weighted by Crippen LogP contribution is -2.45. The highest BCUT2D eigenvalue weighted by molar-refractivity contribution is 7.88. The Morgan fingerprint density at radius 3 is 2.48 bits per heavy atom. The Kier molecular flexibility index (Phi) is 7.18. The van der Waals surface area contributed by atoms with Crippen LogP contribution in [0.5, 0.6) is 5.75 Å². The summed E-state index contributed by atoms with van der Waals surface area (Å²) >= 11 is 0. The van der Waals surface area contributed by atoms with Crippen molar-refractivity contribution < 1.29 is 22.7 Å². The van der Waals surface area contributed by atoms with E-state index >= 15 is 0 Å². The molecule has 0 saturated carbocycles. The van der Waals surface area contributed by atoms with Gasteiger partial charge in [-0.15, -0.1) is 0 Å². The number of carbonyl (C=O) groups is 1. The van der Waals surface area contributed by atoms with Gasteiger partial charge in [0, 0.05) is 31.9 Å². The Morgan fingerprint density at radius 2 is 1.92 bits per heavy atom. The molecule has 0 atom stereocenters. The van der Waals surface area contributed by atoms with Crippen LogP contribution in [0.3, 0.4) is 0 Å². The standard InChI is InChI=1S/C16H25N3O5S/c1-23-15-5-3-14(4-6-15)17-16(20)13-19(25(2,21)22)8-7-18-9-11-24-12-10-18/h3-6H,7-13H2,1-2H3,(H,17,20). The molecule has 0 spiro atoms. The third kappa shape index (κ3) is 6.62. The van der Waals surface area contributed by atoms with Crippen LogP contribution < -0.4 is 10.1 Å². The minimum atomic E-state index is -3.47. The number of hydrogen-bond acceptors (Lipinski definition) is 6. The van der Waals surface area contributed by atoms with Crippen molar-refractivity contribution in [3.8, 4) is 5.75 Å². The highest BCUT2D eigenvalue weighted by Crippen LogP contribution is 2.15. The van der Waals surface area contributed by atoms with Gasteiger partial charge in [-0.05, 0) is 24.3 Å². The third-order valence-corrected chi connectivity index (χ3v) is 5.18. The van der Waals surface area contributed by atoms with E-state index in [9.17, 15) is 13.2 Å². The predicted octanol–water partition coefficient (Wildman–Crippen LogP) is 0.228. The van der Waals surface area contributed by atoms with Gasteiger partial charge in [-0.1, -0.05) is 0 Å². The molecule has 140 valence electrons. The van der Waals surface area contributed by atoms with Crippen LogP contribution in [0.15, 0.2) is 24.3 Å². The molecule has 1 aromatic carbocycles. The molecular weight excluding hydrogens is 346 g/mol. The fourth-order valence-corrected chi connectivity index (χ4v) is 3.24. The molecule has 0 aromatic heterocycles. The zero-order valence-electron chi connectivity index (χ0n) is 14.6. The number of morpholine rings is 1. The van der Waals surface area contributed by atoms with E-state index in [4.69, 9.17) is 9.47 Å². The van der Waals surface area contributed by atoms with Gasteiger partial charge in [0.05, 0.1) is 33.1 Å². The van der Waals surface area contributed by atoms with Crippen LogP contribution in [0.1, 0.15) is 0 Å². The fraction of sp³-hybridized carbons (Fsp3) is 0.562. The number of nitrogens with one attached hydrogen (secondary N) is 1. The lowest BCUT2D eigenvalue weighted by Gasteiger charge is -2.29. The van der Waals surface area contributed by atoms with Crippen LogP contribution in [0.25, 0.3) is 0 Å². The van der Waals surface area contributed by atoms with E-state index in [2.05, 4.69) is 10.2 Å². The summed E-state index contributed by atoms with van der Waals surface area (Å²) in [6.07, 6.45) is 1.12. The first-order chi connectivity index (χ1) is 11.9. The first-order valence-corrected chi connectivity index (χ1v) is 9.92. The molecule has 8 nitrogen and oxygen atoms in total. The maximum Gasteiger partial charge on any atom is 0.239 e. The van der Waals surface area contributed by atoms with E-state index < -0.39 is 10.0 Å². The third-order valence-electron chi connectivity index (χ3n) is 3.93. The van der Waals surface area contributed by atoms with Gasteiger partial charge in [0.2, 0.25) is 15.9 Å². The SMILES string of the molecule is COc1ccc(NC(=O)CN(CCN2CCOCC2)S(C)(=O)=O)cc1. The summed E-state index contributed by atoms with van der Waals surface area (Å²) in [5, 5.41) is 2.70. The van der Waals surface area contributed by atoms with E-state index in [-0.39, 0.29) is 19.0 Å². The number of rotatable bonds is 8. The van der Waals surface area contributed by atoms with Gasteiger partial charge < -0.3 is 14.8 Å². The van der Waals surface area contributed by atoms with E-state index in [0.717, 1.165) is 19.3 Å². The van der Waals surface area contributed by atoms with Gasteiger partial charge in [0.25, 0.3) is 0 Å². The second-order valence-corrected chi connectivity index (χ2v) is 7.81. The summed E-state index contributed by atoms with van der Waals surface area (Å²) in [5.74, 6) is 0.304. The summed E-state index contributed by atoms with van der Waals surface area (Å²) in [4.78, 5) is 14.3. The van der Waals surface area contributed by atoms with Crippen LogP contribution in [-0.2, 0) is 19.6 Å². The Bertz CT molecular complexity index is 657. The number of carbonyl (C=O) groups excluding carboxylic acids is 1. The quantitative estimate of drug-likeness (QED) is 0.704. The van der Waals surface area contributed by atoms with Gasteiger partial charge >= 0.3 is 0 Å². The summed E-state index contributed by atoms with van der Waals surface area (Å²) in [6.45, 7) is 3.48. The normalized spacial score (nSPS) is 16.0. The Morgan fingerprint density at radius 1 is 1.28 bits per heavy atom. The second-order valence-electron chi connectivity index (χ2n) is 5.83. The van der Waals surface area contributed by atoms with Crippen molar-refractivity contribution in [3.05, 3.63) is 24.3 Å². The number of anilines is 1. The molecular formula is C16H25N3O5S. The van der Waals surface area contributed by atoms with E-state index in [0.29, 0.717) is 31.2 Å². The molecule has 0 radical (unpaired) electrons. The topological polar surface area (TPSA) is 88.2 Å². The van der Waals surface area contributed by atoms with Gasteiger partial charge in [-0.25, -0.2) is 8.42 Å². The van der Waals surface area contributed by atoms with Crippen molar-refractivity contribution >= 4 is 21.6 Å². The first kappa shape index (κ1) is 19.6. The van der Waals surface area contributed by atoms with Gasteiger partial charge in [0.15, 0.2) is 0 Å². The molecule has 25 heavy (non-hydrogen) atoms. The number of benzene rings is 1. The Balaban J connectivity index is 1.89. The van der Waals surface area contributed by atoms with Crippen molar-refractivity contribution in [1.82, 2.24) is 9.21 Å². The van der Waals surface area contributed by atoms with Gasteiger partial charge in [-0.2, -0.15) is 4.31 Å². The van der Waals surface area contributed by atoms with Crippen LogP contribution in [0, 0.1) is 0 Å². The molecule has 1 aliphatic heterocycles. The molecule has 9 heteroatoms. The van der Waals surface area contributed by atoms with E-state index in [1.54, 1.807) is 31.4 Å². The van der Waals surface area contributed by atoms with Gasteiger partial charge in [-0.3, -0.25) is 9.69 Å². The average molecular weight is 371 g/mol. The zero-order valence-corrected chi connectivity index (χ0v) is 15.4. The lowest BCUT2D eigenvalue weighted by atomic mass is 10.3. The minimum Gasteiger partial charge on any atom is -0.497 e. The summed E-state index contributed by atoms with van der Waals surface area (Å²) in [6, 6.07) is 6.86. The molecule has 1 N–H and O–H groups in total. The molecule has 0 aliphatic carbocycles. The van der Waals surface area contributed by atoms with Gasteiger partial charge in [0.1, 0.15) is 5.75 Å². The Hall–Kier alpha value is -1.68. The lowest BCUT2D eigenvalue weighted by molar-refractivity contribution is -0.116.